The maximum absolute atomic E-state index is 14.4. The molecule has 32 heavy (non-hydrogen) atoms. The highest BCUT2D eigenvalue weighted by Gasteiger charge is 2.74. The van der Waals surface area contributed by atoms with Crippen LogP contribution in [0.2, 0.25) is 0 Å². The third kappa shape index (κ3) is 3.36. The van der Waals surface area contributed by atoms with Gasteiger partial charge in [-0.05, 0) is 48.7 Å². The van der Waals surface area contributed by atoms with E-state index in [4.69, 9.17) is 10.2 Å². The Bertz CT molecular complexity index is 1240. The molecule has 0 radical (unpaired) electrons. The van der Waals surface area contributed by atoms with Crippen LogP contribution < -0.4 is 16.5 Å². The third-order valence-corrected chi connectivity index (χ3v) is 5.80. The van der Waals surface area contributed by atoms with Gasteiger partial charge in [-0.15, -0.1) is 0 Å². The van der Waals surface area contributed by atoms with Gasteiger partial charge in [0.15, 0.2) is 10.8 Å². The Morgan fingerprint density at radius 2 is 1.62 bits per heavy atom. The summed E-state index contributed by atoms with van der Waals surface area (Å²) in [6.07, 6.45) is -9.70. The van der Waals surface area contributed by atoms with Crippen molar-refractivity contribution in [2.75, 3.05) is 5.73 Å². The first-order valence-corrected chi connectivity index (χ1v) is 9.69. The van der Waals surface area contributed by atoms with Gasteiger partial charge in [-0.2, -0.15) is 26.3 Å². The van der Waals surface area contributed by atoms with E-state index < -0.39 is 35.7 Å². The number of rotatable bonds is 3. The Balaban J connectivity index is 1.94. The number of alkyl halides is 6. The number of nitrogen functional groups attached to an aromatic ring is 1. The second-order valence-corrected chi connectivity index (χ2v) is 7.72. The summed E-state index contributed by atoms with van der Waals surface area (Å²) in [6, 6.07) is 11.3. The SMILES string of the molecule is Cc1ccc(C(C2C=c3oc(-c4ccccc4)nc3=CC2)(C(F)(F)F)C(F)(F)F)cc1N. The molecule has 0 bridgehead atoms. The first kappa shape index (κ1) is 22.0. The number of oxazole rings is 1. The van der Waals surface area contributed by atoms with Crippen LogP contribution in [0, 0.1) is 12.8 Å². The van der Waals surface area contributed by atoms with Crippen LogP contribution in [0.3, 0.4) is 0 Å². The monoisotopic (exact) mass is 452 g/mol. The van der Waals surface area contributed by atoms with Crippen molar-refractivity contribution < 1.29 is 30.8 Å². The van der Waals surface area contributed by atoms with Crippen LogP contribution in [0.4, 0.5) is 32.0 Å². The van der Waals surface area contributed by atoms with Gasteiger partial charge in [0.2, 0.25) is 5.89 Å². The van der Waals surface area contributed by atoms with E-state index in [0.29, 0.717) is 11.1 Å². The van der Waals surface area contributed by atoms with Gasteiger partial charge in [-0.1, -0.05) is 36.4 Å². The summed E-state index contributed by atoms with van der Waals surface area (Å²) in [5, 5.41) is 0.210. The first-order valence-electron chi connectivity index (χ1n) is 9.69. The Kier molecular flexibility index (Phi) is 5.10. The zero-order chi connectivity index (χ0) is 23.3. The van der Waals surface area contributed by atoms with Gasteiger partial charge in [-0.3, -0.25) is 0 Å². The lowest BCUT2D eigenvalue weighted by atomic mass is 9.66. The minimum absolute atomic E-state index is 0.118. The van der Waals surface area contributed by atoms with Gasteiger partial charge in [0.05, 0.1) is 0 Å². The Morgan fingerprint density at radius 1 is 0.969 bits per heavy atom. The summed E-state index contributed by atoms with van der Waals surface area (Å²) in [6.45, 7) is 1.51. The maximum Gasteiger partial charge on any atom is 0.407 e. The van der Waals surface area contributed by atoms with Crippen LogP contribution in [-0.4, -0.2) is 17.3 Å². The van der Waals surface area contributed by atoms with E-state index in [2.05, 4.69) is 4.98 Å². The lowest BCUT2D eigenvalue weighted by molar-refractivity contribution is -0.313. The third-order valence-electron chi connectivity index (χ3n) is 5.80. The normalized spacial score (nSPS) is 16.8. The topological polar surface area (TPSA) is 52.0 Å². The van der Waals surface area contributed by atoms with Crippen molar-refractivity contribution in [3.63, 3.8) is 0 Å². The number of halogens is 6. The fourth-order valence-electron chi connectivity index (χ4n) is 4.11. The molecular weight excluding hydrogens is 434 g/mol. The fourth-order valence-corrected chi connectivity index (χ4v) is 4.11. The van der Waals surface area contributed by atoms with E-state index in [1.54, 1.807) is 30.3 Å². The van der Waals surface area contributed by atoms with Crippen molar-refractivity contribution >= 4 is 17.8 Å². The fraction of sp³-hybridized carbons (Fsp3) is 0.261. The van der Waals surface area contributed by atoms with E-state index in [-0.39, 0.29) is 22.3 Å². The van der Waals surface area contributed by atoms with Crippen molar-refractivity contribution in [2.24, 2.45) is 5.92 Å². The van der Waals surface area contributed by atoms with Crippen molar-refractivity contribution in [3.8, 4) is 11.5 Å². The lowest BCUT2D eigenvalue weighted by Crippen LogP contribution is -2.59. The van der Waals surface area contributed by atoms with Crippen LogP contribution in [0.15, 0.2) is 52.9 Å². The second-order valence-electron chi connectivity index (χ2n) is 7.72. The highest BCUT2D eigenvalue weighted by atomic mass is 19.4. The zero-order valence-electron chi connectivity index (χ0n) is 16.8. The van der Waals surface area contributed by atoms with Gasteiger partial charge in [0.1, 0.15) is 5.35 Å². The Morgan fingerprint density at radius 3 is 2.22 bits per heavy atom. The number of hydrogen-bond donors (Lipinski definition) is 1. The molecule has 1 aromatic heterocycles. The number of aromatic nitrogens is 1. The largest absolute Gasteiger partial charge is 0.436 e. The summed E-state index contributed by atoms with van der Waals surface area (Å²) >= 11 is 0. The second kappa shape index (κ2) is 7.43. The standard InChI is InChI=1S/C23H18F6N2O/c1-13-7-8-15(11-17(13)30)21(22(24,25)26,23(27,28)29)16-9-10-18-19(12-16)32-20(31-18)14-5-3-2-4-6-14/h2-8,10-12,16H,9,30H2,1H3. The molecule has 2 aromatic carbocycles. The number of hydrogen-bond acceptors (Lipinski definition) is 3. The summed E-state index contributed by atoms with van der Waals surface area (Å²) in [5.41, 5.74) is 1.24. The minimum atomic E-state index is -5.65. The quantitative estimate of drug-likeness (QED) is 0.456. The van der Waals surface area contributed by atoms with E-state index in [1.807, 2.05) is 0 Å². The molecule has 2 N–H and O–H groups in total. The Labute approximate surface area is 178 Å². The highest BCUT2D eigenvalue weighted by Crippen LogP contribution is 2.58. The number of benzene rings is 2. The molecule has 9 heteroatoms. The number of anilines is 1. The molecule has 1 aliphatic carbocycles. The van der Waals surface area contributed by atoms with Gasteiger partial charge < -0.3 is 10.2 Å². The first-order chi connectivity index (χ1) is 14.9. The molecule has 3 nitrogen and oxygen atoms in total. The average Bonchev–Trinajstić information content (AvgIpc) is 3.13. The van der Waals surface area contributed by atoms with Gasteiger partial charge >= 0.3 is 12.4 Å². The van der Waals surface area contributed by atoms with Crippen molar-refractivity contribution in [1.29, 1.82) is 0 Å². The van der Waals surface area contributed by atoms with E-state index in [9.17, 15) is 26.3 Å². The molecule has 168 valence electrons. The summed E-state index contributed by atoms with van der Waals surface area (Å²) in [5.74, 6) is -1.89. The molecule has 0 fully saturated rings. The van der Waals surface area contributed by atoms with E-state index >= 15 is 0 Å². The predicted molar refractivity (Wildman–Crippen MR) is 108 cm³/mol. The van der Waals surface area contributed by atoms with Crippen LogP contribution in [0.25, 0.3) is 23.6 Å². The highest BCUT2D eigenvalue weighted by molar-refractivity contribution is 5.56. The molecule has 4 rings (SSSR count). The Hall–Kier alpha value is -3.23. The molecule has 3 aromatic rings. The van der Waals surface area contributed by atoms with Crippen LogP contribution >= 0.6 is 0 Å². The number of fused-ring (bicyclic) bond motifs is 1. The average molecular weight is 452 g/mol. The van der Waals surface area contributed by atoms with Crippen molar-refractivity contribution in [1.82, 2.24) is 4.98 Å². The smallest absolute Gasteiger partial charge is 0.407 e. The maximum atomic E-state index is 14.4. The van der Waals surface area contributed by atoms with Gasteiger partial charge in [-0.25, -0.2) is 4.98 Å². The minimum Gasteiger partial charge on any atom is -0.436 e. The molecule has 0 amide bonds. The number of aryl methyl sites for hydroxylation is 1. The van der Waals surface area contributed by atoms with E-state index in [1.165, 1.54) is 13.0 Å². The molecule has 0 saturated heterocycles. The van der Waals surface area contributed by atoms with Gasteiger partial charge in [0.25, 0.3) is 0 Å². The lowest BCUT2D eigenvalue weighted by Gasteiger charge is -2.42. The van der Waals surface area contributed by atoms with Crippen LogP contribution in [0.5, 0.6) is 0 Å². The van der Waals surface area contributed by atoms with Crippen LogP contribution in [-0.2, 0) is 5.41 Å². The number of nitrogens with two attached hydrogens (primary N) is 1. The van der Waals surface area contributed by atoms with E-state index in [0.717, 1.165) is 24.3 Å². The molecule has 1 aliphatic rings. The van der Waals surface area contributed by atoms with Gasteiger partial charge in [0, 0.05) is 17.2 Å². The molecule has 0 spiro atoms. The summed E-state index contributed by atoms with van der Waals surface area (Å²) < 4.78 is 91.8. The zero-order valence-corrected chi connectivity index (χ0v) is 16.8. The predicted octanol–water partition coefficient (Wildman–Crippen LogP) is 4.88. The van der Waals surface area contributed by atoms with Crippen molar-refractivity contribution in [3.05, 3.63) is 70.4 Å². The molecular formula is C23H18F6N2O. The van der Waals surface area contributed by atoms with Crippen LogP contribution in [0.1, 0.15) is 17.5 Å². The molecule has 1 atom stereocenters. The molecule has 0 aliphatic heterocycles. The summed E-state index contributed by atoms with van der Waals surface area (Å²) in [7, 11) is 0. The van der Waals surface area contributed by atoms with Crippen molar-refractivity contribution in [2.45, 2.75) is 31.1 Å². The molecule has 0 saturated carbocycles. The number of nitrogens with zero attached hydrogens (tertiary/aromatic N) is 1. The molecule has 1 heterocycles. The summed E-state index contributed by atoms with van der Waals surface area (Å²) in [4.78, 5) is 4.22. The molecule has 1 unspecified atom stereocenters.